The fourth-order valence-electron chi connectivity index (χ4n) is 0.376. The van der Waals surface area contributed by atoms with Crippen LogP contribution in [0.15, 0.2) is 29.2 Å². The Kier molecular flexibility index (Phi) is 1.32. The van der Waals surface area contributed by atoms with Gasteiger partial charge in [0, 0.05) is 6.20 Å². The number of allylic oxidation sites excluding steroid dienone is 1. The summed E-state index contributed by atoms with van der Waals surface area (Å²) >= 11 is 0. The largest absolute Gasteiger partial charge is 0.506 e. The molecule has 0 saturated carbocycles. The summed E-state index contributed by atoms with van der Waals surface area (Å²) < 4.78 is 0. The van der Waals surface area contributed by atoms with Crippen LogP contribution in [0.2, 0.25) is 0 Å². The van der Waals surface area contributed by atoms with Crippen molar-refractivity contribution in [3.8, 4) is 0 Å². The van der Waals surface area contributed by atoms with Crippen LogP contribution >= 0.6 is 0 Å². The molecule has 0 spiro atoms. The van der Waals surface area contributed by atoms with Crippen molar-refractivity contribution in [2.45, 2.75) is 0 Å². The van der Waals surface area contributed by atoms with Gasteiger partial charge in [0.1, 0.15) is 5.76 Å². The van der Waals surface area contributed by atoms with E-state index >= 15 is 0 Å². The van der Waals surface area contributed by atoms with Crippen molar-refractivity contribution in [3.63, 3.8) is 0 Å². The summed E-state index contributed by atoms with van der Waals surface area (Å²) in [4.78, 5) is 3.64. The van der Waals surface area contributed by atoms with E-state index in [0.29, 0.717) is 0 Å². The predicted octanol–water partition coefficient (Wildman–Crippen LogP) is 0.531. The van der Waals surface area contributed by atoms with Gasteiger partial charge in [0.25, 0.3) is 0 Å². The number of aliphatic hydroxyl groups is 1. The molecule has 0 atom stereocenters. The number of hydrogen-bond acceptors (Lipinski definition) is 3. The van der Waals surface area contributed by atoms with Crippen LogP contribution in [0.5, 0.6) is 0 Å². The Morgan fingerprint density at radius 1 is 1.62 bits per heavy atom. The normalized spacial score (nSPS) is 16.8. The molecule has 1 aliphatic rings. The Hall–Kier alpha value is -1.25. The first kappa shape index (κ1) is 4.90. The van der Waals surface area contributed by atoms with E-state index in [2.05, 4.69) is 10.3 Å². The van der Waals surface area contributed by atoms with Crippen molar-refractivity contribution in [2.75, 3.05) is 0 Å². The summed E-state index contributed by atoms with van der Waals surface area (Å²) in [7, 11) is 0. The zero-order chi connectivity index (χ0) is 5.82. The molecule has 8 heavy (non-hydrogen) atoms. The summed E-state index contributed by atoms with van der Waals surface area (Å²) in [6.07, 6.45) is 5.96. The fourth-order valence-corrected chi connectivity index (χ4v) is 0.376. The molecule has 0 saturated heterocycles. The van der Waals surface area contributed by atoms with Gasteiger partial charge in [0.15, 0.2) is 0 Å². The highest BCUT2D eigenvalue weighted by Gasteiger charge is 1.82. The molecule has 42 valence electrons. The van der Waals surface area contributed by atoms with Gasteiger partial charge in [-0.1, -0.05) is 0 Å². The SMILES string of the molecule is OC1=CN=CNC=C1. The van der Waals surface area contributed by atoms with Gasteiger partial charge >= 0.3 is 0 Å². The van der Waals surface area contributed by atoms with E-state index in [1.54, 1.807) is 6.20 Å². The third kappa shape index (κ3) is 1.11. The number of nitrogens with one attached hydrogen (secondary N) is 1. The van der Waals surface area contributed by atoms with Gasteiger partial charge in [0.2, 0.25) is 0 Å². The molecule has 0 amide bonds. The standard InChI is InChI=1S/C5H6N2O/c8-5-1-2-6-4-7-3-5/h1-4,8H,(H,6,7). The van der Waals surface area contributed by atoms with Crippen molar-refractivity contribution in [3.05, 3.63) is 24.2 Å². The van der Waals surface area contributed by atoms with Crippen LogP contribution in [0.4, 0.5) is 0 Å². The molecule has 2 N–H and O–H groups in total. The third-order valence-electron chi connectivity index (χ3n) is 0.706. The molecular formula is C5H6N2O. The summed E-state index contributed by atoms with van der Waals surface area (Å²) in [6.45, 7) is 0. The van der Waals surface area contributed by atoms with Crippen LogP contribution in [0.3, 0.4) is 0 Å². The van der Waals surface area contributed by atoms with Crippen molar-refractivity contribution in [2.24, 2.45) is 4.99 Å². The maximum Gasteiger partial charge on any atom is 0.135 e. The molecule has 1 heterocycles. The second kappa shape index (κ2) is 2.16. The molecule has 0 aromatic carbocycles. The summed E-state index contributed by atoms with van der Waals surface area (Å²) in [5.41, 5.74) is 0. The number of hydrogen-bond donors (Lipinski definition) is 2. The zero-order valence-corrected chi connectivity index (χ0v) is 4.20. The van der Waals surface area contributed by atoms with E-state index in [1.165, 1.54) is 18.6 Å². The van der Waals surface area contributed by atoms with E-state index in [4.69, 9.17) is 5.11 Å². The lowest BCUT2D eigenvalue weighted by Gasteiger charge is -1.80. The number of rotatable bonds is 0. The molecule has 0 aromatic rings. The van der Waals surface area contributed by atoms with Gasteiger partial charge in [-0.3, -0.25) is 0 Å². The molecule has 0 bridgehead atoms. The Morgan fingerprint density at radius 3 is 3.38 bits per heavy atom. The smallest absolute Gasteiger partial charge is 0.135 e. The zero-order valence-electron chi connectivity index (χ0n) is 4.20. The average molecular weight is 110 g/mol. The van der Waals surface area contributed by atoms with Gasteiger partial charge in [-0.25, -0.2) is 4.99 Å². The lowest BCUT2D eigenvalue weighted by Crippen LogP contribution is -1.97. The summed E-state index contributed by atoms with van der Waals surface area (Å²) in [5, 5.41) is 11.4. The maximum absolute atomic E-state index is 8.71. The highest BCUT2D eigenvalue weighted by molar-refractivity contribution is 5.57. The number of aliphatic hydroxyl groups excluding tert-OH is 1. The van der Waals surface area contributed by atoms with E-state index in [9.17, 15) is 0 Å². The highest BCUT2D eigenvalue weighted by Crippen LogP contribution is 1.90. The van der Waals surface area contributed by atoms with Gasteiger partial charge in [-0.2, -0.15) is 0 Å². The Labute approximate surface area is 47.1 Å². The second-order valence-corrected chi connectivity index (χ2v) is 1.33. The average Bonchev–Trinajstić information content (AvgIpc) is 1.94. The van der Waals surface area contributed by atoms with Crippen LogP contribution in [-0.4, -0.2) is 11.4 Å². The highest BCUT2D eigenvalue weighted by atomic mass is 16.3. The van der Waals surface area contributed by atoms with Crippen molar-refractivity contribution in [1.29, 1.82) is 0 Å². The monoisotopic (exact) mass is 110 g/mol. The van der Waals surface area contributed by atoms with Gasteiger partial charge in [0.05, 0.1) is 12.5 Å². The van der Waals surface area contributed by atoms with Crippen LogP contribution < -0.4 is 5.32 Å². The minimum absolute atomic E-state index is 0.159. The fraction of sp³-hybridized carbons (Fsp3) is 0. The maximum atomic E-state index is 8.71. The minimum atomic E-state index is 0.159. The van der Waals surface area contributed by atoms with E-state index in [-0.39, 0.29) is 5.76 Å². The van der Waals surface area contributed by atoms with Gasteiger partial charge < -0.3 is 10.4 Å². The Bertz CT molecular complexity index is 158. The van der Waals surface area contributed by atoms with Crippen LogP contribution in [0.25, 0.3) is 0 Å². The molecule has 0 aliphatic carbocycles. The second-order valence-electron chi connectivity index (χ2n) is 1.33. The summed E-state index contributed by atoms with van der Waals surface area (Å²) in [6, 6.07) is 0. The third-order valence-corrected chi connectivity index (χ3v) is 0.706. The molecule has 0 radical (unpaired) electrons. The molecule has 0 unspecified atom stereocenters. The van der Waals surface area contributed by atoms with E-state index in [0.717, 1.165) is 0 Å². The Balaban J connectivity index is 2.73. The Morgan fingerprint density at radius 2 is 2.50 bits per heavy atom. The van der Waals surface area contributed by atoms with Crippen molar-refractivity contribution in [1.82, 2.24) is 5.32 Å². The van der Waals surface area contributed by atoms with Crippen LogP contribution in [0, 0.1) is 0 Å². The molecule has 1 aliphatic heterocycles. The van der Waals surface area contributed by atoms with Crippen molar-refractivity contribution < 1.29 is 5.11 Å². The van der Waals surface area contributed by atoms with E-state index < -0.39 is 0 Å². The van der Waals surface area contributed by atoms with E-state index in [1.807, 2.05) is 0 Å². The quantitative estimate of drug-likeness (QED) is 0.477. The molecular weight excluding hydrogens is 104 g/mol. The molecule has 3 nitrogen and oxygen atoms in total. The first-order valence-corrected chi connectivity index (χ1v) is 2.23. The molecule has 1 rings (SSSR count). The predicted molar refractivity (Wildman–Crippen MR) is 31.5 cm³/mol. The number of aliphatic imine (C=N–C) groups is 1. The first-order chi connectivity index (χ1) is 3.89. The summed E-state index contributed by atoms with van der Waals surface area (Å²) in [5.74, 6) is 0.159. The minimum Gasteiger partial charge on any atom is -0.506 e. The van der Waals surface area contributed by atoms with Crippen LogP contribution in [-0.2, 0) is 0 Å². The molecule has 0 fully saturated rings. The van der Waals surface area contributed by atoms with Crippen LogP contribution in [0.1, 0.15) is 0 Å². The lowest BCUT2D eigenvalue weighted by molar-refractivity contribution is 0.431. The molecule has 3 heteroatoms. The lowest BCUT2D eigenvalue weighted by atomic mass is 10.5. The number of nitrogens with zero attached hydrogens (tertiary/aromatic N) is 1. The topological polar surface area (TPSA) is 44.6 Å². The molecule has 0 aromatic heterocycles. The van der Waals surface area contributed by atoms with Gasteiger partial charge in [-0.05, 0) is 6.08 Å². The first-order valence-electron chi connectivity index (χ1n) is 2.23. The van der Waals surface area contributed by atoms with Gasteiger partial charge in [-0.15, -0.1) is 0 Å². The van der Waals surface area contributed by atoms with Crippen molar-refractivity contribution >= 4 is 6.34 Å².